The summed E-state index contributed by atoms with van der Waals surface area (Å²) in [5.41, 5.74) is 5.01. The van der Waals surface area contributed by atoms with Gasteiger partial charge in [0.2, 0.25) is 0 Å². The van der Waals surface area contributed by atoms with Crippen molar-refractivity contribution in [1.29, 1.82) is 0 Å². The van der Waals surface area contributed by atoms with Crippen LogP contribution in [0.3, 0.4) is 0 Å². The predicted octanol–water partition coefficient (Wildman–Crippen LogP) is 3.00. The molecule has 0 aromatic heterocycles. The van der Waals surface area contributed by atoms with E-state index in [-0.39, 0.29) is 0 Å². The minimum Gasteiger partial charge on any atom is -0.312 e. The molecule has 2 heteroatoms. The van der Waals surface area contributed by atoms with Gasteiger partial charge in [0, 0.05) is 19.1 Å². The van der Waals surface area contributed by atoms with Crippen LogP contribution >= 0.6 is 0 Å². The molecule has 3 rings (SSSR count). The lowest BCUT2D eigenvalue weighted by Crippen LogP contribution is -2.27. The van der Waals surface area contributed by atoms with E-state index in [0.29, 0.717) is 11.5 Å². The first kappa shape index (κ1) is 13.1. The van der Waals surface area contributed by atoms with E-state index in [0.717, 1.165) is 19.6 Å². The van der Waals surface area contributed by atoms with E-state index in [4.69, 9.17) is 0 Å². The van der Waals surface area contributed by atoms with E-state index < -0.39 is 0 Å². The first-order chi connectivity index (χ1) is 9.12. The molecule has 0 saturated heterocycles. The zero-order valence-corrected chi connectivity index (χ0v) is 12.3. The third-order valence-electron chi connectivity index (χ3n) is 4.72. The van der Waals surface area contributed by atoms with Crippen molar-refractivity contribution in [1.82, 2.24) is 10.6 Å². The smallest absolute Gasteiger partial charge is 0.0208 e. The number of nitrogens with one attached hydrogen (secondary N) is 2. The molecule has 0 radical (unpaired) electrons. The molecule has 1 aliphatic carbocycles. The van der Waals surface area contributed by atoms with Crippen LogP contribution in [0.25, 0.3) is 0 Å². The van der Waals surface area contributed by atoms with Crippen molar-refractivity contribution in [3.05, 3.63) is 34.9 Å². The minimum atomic E-state index is 0.539. The largest absolute Gasteiger partial charge is 0.312 e. The van der Waals surface area contributed by atoms with Gasteiger partial charge in [0.25, 0.3) is 0 Å². The second-order valence-electron chi connectivity index (χ2n) is 7.01. The van der Waals surface area contributed by atoms with Crippen molar-refractivity contribution in [2.24, 2.45) is 5.41 Å². The molecule has 0 spiro atoms. The van der Waals surface area contributed by atoms with Crippen molar-refractivity contribution >= 4 is 0 Å². The van der Waals surface area contributed by atoms with Crippen molar-refractivity contribution in [3.8, 4) is 0 Å². The highest BCUT2D eigenvalue weighted by molar-refractivity contribution is 5.33. The summed E-state index contributed by atoms with van der Waals surface area (Å²) in [6.07, 6.45) is 5.19. The second-order valence-corrected chi connectivity index (χ2v) is 7.01. The quantitative estimate of drug-likeness (QED) is 0.871. The number of hydrogen-bond donors (Lipinski definition) is 2. The molecular formula is C17H26N2. The van der Waals surface area contributed by atoms with Crippen LogP contribution in [-0.4, -0.2) is 12.6 Å². The van der Waals surface area contributed by atoms with Gasteiger partial charge >= 0.3 is 0 Å². The van der Waals surface area contributed by atoms with Crippen molar-refractivity contribution in [2.45, 2.75) is 58.7 Å². The fourth-order valence-corrected chi connectivity index (χ4v) is 3.52. The predicted molar refractivity (Wildman–Crippen MR) is 80.1 cm³/mol. The van der Waals surface area contributed by atoms with E-state index in [1.54, 1.807) is 0 Å². The highest BCUT2D eigenvalue weighted by atomic mass is 14.9. The lowest BCUT2D eigenvalue weighted by Gasteiger charge is -2.20. The summed E-state index contributed by atoms with van der Waals surface area (Å²) in [5.74, 6) is 0. The molecule has 0 amide bonds. The Morgan fingerprint density at radius 2 is 2.21 bits per heavy atom. The van der Waals surface area contributed by atoms with Gasteiger partial charge in [-0.25, -0.2) is 0 Å². The Hall–Kier alpha value is -0.860. The minimum absolute atomic E-state index is 0.539. The third kappa shape index (κ3) is 3.18. The lowest BCUT2D eigenvalue weighted by atomic mass is 9.92. The molecule has 1 heterocycles. The molecule has 2 N–H and O–H groups in total. The second kappa shape index (κ2) is 5.26. The summed E-state index contributed by atoms with van der Waals surface area (Å²) in [6, 6.07) is 7.72. The Bertz CT molecular complexity index is 451. The Kier molecular flexibility index (Phi) is 3.64. The van der Waals surface area contributed by atoms with Gasteiger partial charge < -0.3 is 10.6 Å². The molecule has 1 unspecified atom stereocenters. The Balaban J connectivity index is 1.58. The Morgan fingerprint density at radius 1 is 1.32 bits per heavy atom. The van der Waals surface area contributed by atoms with Crippen LogP contribution in [0.5, 0.6) is 0 Å². The lowest BCUT2D eigenvalue weighted by molar-refractivity contribution is 0.364. The average Bonchev–Trinajstić information content (AvgIpc) is 2.76. The first-order valence-corrected chi connectivity index (χ1v) is 7.67. The Morgan fingerprint density at radius 3 is 3.00 bits per heavy atom. The molecule has 1 saturated carbocycles. The molecule has 1 aromatic rings. The van der Waals surface area contributed by atoms with Gasteiger partial charge in [-0.1, -0.05) is 32.0 Å². The van der Waals surface area contributed by atoms with Crippen molar-refractivity contribution in [2.75, 3.05) is 6.54 Å². The summed E-state index contributed by atoms with van der Waals surface area (Å²) in [4.78, 5) is 0. The van der Waals surface area contributed by atoms with E-state index in [1.165, 1.54) is 42.4 Å². The highest BCUT2D eigenvalue weighted by Gasteiger charge is 2.30. The van der Waals surface area contributed by atoms with Gasteiger partial charge in [-0.15, -0.1) is 0 Å². The molecule has 1 aromatic carbocycles. The van der Waals surface area contributed by atoms with E-state index in [2.05, 4.69) is 42.7 Å². The van der Waals surface area contributed by atoms with Gasteiger partial charge in [-0.05, 0) is 54.3 Å². The van der Waals surface area contributed by atoms with Gasteiger partial charge in [0.05, 0.1) is 0 Å². The zero-order chi connectivity index (χ0) is 13.3. The zero-order valence-electron chi connectivity index (χ0n) is 12.3. The van der Waals surface area contributed by atoms with Crippen molar-refractivity contribution < 1.29 is 0 Å². The van der Waals surface area contributed by atoms with Crippen LogP contribution in [-0.2, 0) is 19.5 Å². The molecular weight excluding hydrogens is 232 g/mol. The van der Waals surface area contributed by atoms with Crippen LogP contribution in [0.1, 0.15) is 49.8 Å². The summed E-state index contributed by atoms with van der Waals surface area (Å²) < 4.78 is 0. The van der Waals surface area contributed by atoms with Crippen LogP contribution in [0.4, 0.5) is 0 Å². The van der Waals surface area contributed by atoms with Crippen LogP contribution < -0.4 is 10.6 Å². The van der Waals surface area contributed by atoms with Crippen LogP contribution in [0.2, 0.25) is 0 Å². The molecule has 1 aliphatic heterocycles. The van der Waals surface area contributed by atoms with Crippen LogP contribution in [0, 0.1) is 5.41 Å². The van der Waals surface area contributed by atoms with E-state index in [1.807, 2.05) is 0 Å². The topological polar surface area (TPSA) is 24.1 Å². The monoisotopic (exact) mass is 258 g/mol. The SMILES string of the molecule is CC1(C)CCC(NCc2ccc3c(c2)CNCC3)C1. The maximum absolute atomic E-state index is 3.74. The van der Waals surface area contributed by atoms with E-state index in [9.17, 15) is 0 Å². The molecule has 1 atom stereocenters. The summed E-state index contributed by atoms with van der Waals surface area (Å²) in [5, 5.41) is 7.20. The fourth-order valence-electron chi connectivity index (χ4n) is 3.52. The molecule has 1 fully saturated rings. The summed E-state index contributed by atoms with van der Waals surface area (Å²) in [6.45, 7) is 7.97. The molecule has 104 valence electrons. The summed E-state index contributed by atoms with van der Waals surface area (Å²) in [7, 11) is 0. The molecule has 0 bridgehead atoms. The van der Waals surface area contributed by atoms with Gasteiger partial charge in [0.15, 0.2) is 0 Å². The standard InChI is InChI=1S/C17H26N2/c1-17(2)7-5-16(10-17)19-11-13-3-4-14-6-8-18-12-15(14)9-13/h3-4,9,16,18-19H,5-8,10-12H2,1-2H3. The van der Waals surface area contributed by atoms with Gasteiger partial charge in [0.1, 0.15) is 0 Å². The summed E-state index contributed by atoms with van der Waals surface area (Å²) >= 11 is 0. The van der Waals surface area contributed by atoms with Crippen LogP contribution in [0.15, 0.2) is 18.2 Å². The Labute approximate surface area is 117 Å². The molecule has 19 heavy (non-hydrogen) atoms. The van der Waals surface area contributed by atoms with Gasteiger partial charge in [-0.2, -0.15) is 0 Å². The molecule has 2 nitrogen and oxygen atoms in total. The first-order valence-electron chi connectivity index (χ1n) is 7.67. The number of fused-ring (bicyclic) bond motifs is 1. The maximum atomic E-state index is 3.74. The highest BCUT2D eigenvalue weighted by Crippen LogP contribution is 2.37. The van der Waals surface area contributed by atoms with Gasteiger partial charge in [-0.3, -0.25) is 0 Å². The normalized spacial score (nSPS) is 25.3. The van der Waals surface area contributed by atoms with E-state index >= 15 is 0 Å². The fraction of sp³-hybridized carbons (Fsp3) is 0.647. The number of benzene rings is 1. The third-order valence-corrected chi connectivity index (χ3v) is 4.72. The number of rotatable bonds is 3. The maximum Gasteiger partial charge on any atom is 0.0208 e. The average molecular weight is 258 g/mol. The van der Waals surface area contributed by atoms with Crippen molar-refractivity contribution in [3.63, 3.8) is 0 Å². The number of hydrogen-bond acceptors (Lipinski definition) is 2. The molecule has 2 aliphatic rings.